The number of phenolic OH excluding ortho intramolecular Hbond substituents is 1. The van der Waals surface area contributed by atoms with Crippen LogP contribution in [0.15, 0.2) is 72.8 Å². The zero-order chi connectivity index (χ0) is 24.0. The van der Waals surface area contributed by atoms with Crippen molar-refractivity contribution in [1.82, 2.24) is 9.97 Å². The topological polar surface area (TPSA) is 100 Å². The summed E-state index contributed by atoms with van der Waals surface area (Å²) in [5.74, 6) is -1.24. The van der Waals surface area contributed by atoms with Crippen LogP contribution < -0.4 is 0 Å². The summed E-state index contributed by atoms with van der Waals surface area (Å²) in [6.07, 6.45) is 3.16. The van der Waals surface area contributed by atoms with E-state index in [-0.39, 0.29) is 17.1 Å². The summed E-state index contributed by atoms with van der Waals surface area (Å²) < 4.78 is 0. The minimum atomic E-state index is -1.07. The number of carbonyl (C=O) groups excluding carboxylic acids is 1. The number of fused-ring (bicyclic) bond motifs is 2. The lowest BCUT2D eigenvalue weighted by Crippen LogP contribution is -2.11. The van der Waals surface area contributed by atoms with E-state index in [9.17, 15) is 19.8 Å². The first kappa shape index (κ1) is 21.3. The van der Waals surface area contributed by atoms with Gasteiger partial charge in [0.05, 0.1) is 5.56 Å². The molecule has 34 heavy (non-hydrogen) atoms. The molecule has 6 heteroatoms. The van der Waals surface area contributed by atoms with Gasteiger partial charge in [-0.15, -0.1) is 0 Å². The van der Waals surface area contributed by atoms with Crippen LogP contribution in [0.3, 0.4) is 0 Å². The molecule has 4 aromatic rings. The minimum Gasteiger partial charge on any atom is -0.506 e. The zero-order valence-corrected chi connectivity index (χ0v) is 18.5. The molecule has 0 bridgehead atoms. The number of benzene rings is 2. The number of rotatable bonds is 3. The molecule has 0 amide bonds. The number of pyridine rings is 2. The summed E-state index contributed by atoms with van der Waals surface area (Å²) in [4.78, 5) is 33.8. The van der Waals surface area contributed by atoms with E-state index in [4.69, 9.17) is 0 Å². The van der Waals surface area contributed by atoms with Gasteiger partial charge in [0.2, 0.25) is 5.78 Å². The molecule has 5 rings (SSSR count). The molecule has 2 aromatic heterocycles. The van der Waals surface area contributed by atoms with Crippen molar-refractivity contribution < 1.29 is 19.8 Å². The average molecular weight is 448 g/mol. The monoisotopic (exact) mass is 448 g/mol. The standard InChI is InChI=1S/C28H20N2O4/c1-15-7-9-20-18(11-13-23(31)26(20)29-15)25(17-5-3-4-6-22(17)28(33)34)19-12-14-24(32)27-21(19)10-8-16(2)30-27/h3-14,31H,1-2H3,(H,33,34)/b25-19-. The number of phenols is 1. The maximum Gasteiger partial charge on any atom is 0.336 e. The van der Waals surface area contributed by atoms with Crippen LogP contribution in [0, 0.1) is 13.8 Å². The molecule has 2 heterocycles. The van der Waals surface area contributed by atoms with E-state index < -0.39 is 5.97 Å². The van der Waals surface area contributed by atoms with Gasteiger partial charge < -0.3 is 10.2 Å². The predicted octanol–water partition coefficient (Wildman–Crippen LogP) is 5.36. The Bertz CT molecular complexity index is 1580. The fourth-order valence-corrected chi connectivity index (χ4v) is 4.35. The Labute approximate surface area is 195 Å². The van der Waals surface area contributed by atoms with Gasteiger partial charge in [-0.25, -0.2) is 14.8 Å². The minimum absolute atomic E-state index is 0.0328. The highest BCUT2D eigenvalue weighted by Crippen LogP contribution is 2.41. The third kappa shape index (κ3) is 3.46. The van der Waals surface area contributed by atoms with Crippen LogP contribution in [0.25, 0.3) is 22.0 Å². The Morgan fingerprint density at radius 3 is 2.26 bits per heavy atom. The molecule has 166 valence electrons. The number of aromatic hydroxyl groups is 1. The number of allylic oxidation sites excluding steroid dienone is 3. The van der Waals surface area contributed by atoms with Gasteiger partial charge in [-0.05, 0) is 78.6 Å². The maximum atomic E-state index is 12.6. The first-order chi connectivity index (χ1) is 16.3. The maximum absolute atomic E-state index is 12.6. The molecule has 1 aliphatic carbocycles. The van der Waals surface area contributed by atoms with Crippen LogP contribution in [0.2, 0.25) is 0 Å². The molecule has 0 radical (unpaired) electrons. The molecule has 2 N–H and O–H groups in total. The smallest absolute Gasteiger partial charge is 0.336 e. The molecule has 1 aliphatic rings. The number of carboxylic acid groups (broad SMARTS) is 1. The van der Waals surface area contributed by atoms with Crippen LogP contribution in [0.1, 0.15) is 48.9 Å². The van der Waals surface area contributed by atoms with Gasteiger partial charge in [0.25, 0.3) is 0 Å². The number of hydrogen-bond acceptors (Lipinski definition) is 5. The molecule has 0 saturated carbocycles. The molecule has 0 atom stereocenters. The van der Waals surface area contributed by atoms with E-state index in [1.54, 1.807) is 42.5 Å². The number of aryl methyl sites for hydroxylation is 2. The number of carboxylic acids is 1. The van der Waals surface area contributed by atoms with Crippen molar-refractivity contribution in [3.63, 3.8) is 0 Å². The summed E-state index contributed by atoms with van der Waals surface area (Å²) in [5.41, 5.74) is 5.40. The van der Waals surface area contributed by atoms with Gasteiger partial charge in [0.15, 0.2) is 0 Å². The summed E-state index contributed by atoms with van der Waals surface area (Å²) in [6.45, 7) is 3.65. The Morgan fingerprint density at radius 2 is 1.50 bits per heavy atom. The van der Waals surface area contributed by atoms with Crippen molar-refractivity contribution in [2.24, 2.45) is 0 Å². The van der Waals surface area contributed by atoms with Gasteiger partial charge in [-0.2, -0.15) is 0 Å². The molecule has 0 aliphatic heterocycles. The summed E-state index contributed by atoms with van der Waals surface area (Å²) in [5, 5.41) is 21.1. The molecular formula is C28H20N2O4. The van der Waals surface area contributed by atoms with Crippen LogP contribution in [0.4, 0.5) is 0 Å². The Hall–Kier alpha value is -4.58. The van der Waals surface area contributed by atoms with E-state index in [1.807, 2.05) is 38.1 Å². The Kier molecular flexibility index (Phi) is 5.06. The number of aromatic nitrogens is 2. The summed E-state index contributed by atoms with van der Waals surface area (Å²) >= 11 is 0. The van der Waals surface area contributed by atoms with Crippen molar-refractivity contribution in [3.8, 4) is 5.75 Å². The van der Waals surface area contributed by atoms with Crippen LogP contribution in [-0.4, -0.2) is 31.9 Å². The lowest BCUT2D eigenvalue weighted by Gasteiger charge is -2.21. The third-order valence-electron chi connectivity index (χ3n) is 5.90. The third-order valence-corrected chi connectivity index (χ3v) is 5.90. The zero-order valence-electron chi connectivity index (χ0n) is 18.5. The van der Waals surface area contributed by atoms with Crippen molar-refractivity contribution >= 4 is 33.8 Å². The van der Waals surface area contributed by atoms with E-state index in [0.717, 1.165) is 5.69 Å². The number of ketones is 1. The fourth-order valence-electron chi connectivity index (χ4n) is 4.35. The normalized spacial score (nSPS) is 14.2. The van der Waals surface area contributed by atoms with Crippen molar-refractivity contribution in [2.75, 3.05) is 0 Å². The summed E-state index contributed by atoms with van der Waals surface area (Å²) in [6, 6.07) is 17.4. The van der Waals surface area contributed by atoms with Gasteiger partial charge >= 0.3 is 5.97 Å². The van der Waals surface area contributed by atoms with Crippen molar-refractivity contribution in [3.05, 3.63) is 112 Å². The van der Waals surface area contributed by atoms with Gasteiger partial charge in [-0.1, -0.05) is 30.3 Å². The van der Waals surface area contributed by atoms with Crippen molar-refractivity contribution in [1.29, 1.82) is 0 Å². The first-order valence-electron chi connectivity index (χ1n) is 10.7. The average Bonchev–Trinajstić information content (AvgIpc) is 2.82. The first-order valence-corrected chi connectivity index (χ1v) is 10.7. The van der Waals surface area contributed by atoms with E-state index in [2.05, 4.69) is 9.97 Å². The van der Waals surface area contributed by atoms with E-state index in [1.165, 1.54) is 6.08 Å². The molecule has 0 unspecified atom stereocenters. The SMILES string of the molecule is Cc1ccc2c(n1)C(=O)C=C/C2=C(\c1ccccc1C(=O)O)c1ccc(O)c2nc(C)ccc12. The lowest BCUT2D eigenvalue weighted by molar-refractivity contribution is 0.0696. The van der Waals surface area contributed by atoms with Gasteiger partial charge in [0.1, 0.15) is 17.0 Å². The summed E-state index contributed by atoms with van der Waals surface area (Å²) in [7, 11) is 0. The highest BCUT2D eigenvalue weighted by Gasteiger charge is 2.26. The Morgan fingerprint density at radius 1 is 0.794 bits per heavy atom. The highest BCUT2D eigenvalue weighted by molar-refractivity contribution is 6.18. The quantitative estimate of drug-likeness (QED) is 0.438. The van der Waals surface area contributed by atoms with Crippen LogP contribution in [0.5, 0.6) is 5.75 Å². The number of nitrogens with zero attached hydrogens (tertiary/aromatic N) is 2. The van der Waals surface area contributed by atoms with Gasteiger partial charge in [0, 0.05) is 22.3 Å². The number of hydrogen-bond donors (Lipinski definition) is 2. The second-order valence-corrected chi connectivity index (χ2v) is 8.17. The highest BCUT2D eigenvalue weighted by atomic mass is 16.4. The molecule has 0 spiro atoms. The van der Waals surface area contributed by atoms with E-state index >= 15 is 0 Å². The second-order valence-electron chi connectivity index (χ2n) is 8.17. The van der Waals surface area contributed by atoms with Gasteiger partial charge in [-0.3, -0.25) is 4.79 Å². The Balaban J connectivity index is 1.96. The number of aromatic carboxylic acids is 1. The molecule has 6 nitrogen and oxygen atoms in total. The molecule has 0 saturated heterocycles. The lowest BCUT2D eigenvalue weighted by atomic mass is 9.83. The molecular weight excluding hydrogens is 428 g/mol. The largest absolute Gasteiger partial charge is 0.506 e. The van der Waals surface area contributed by atoms with Crippen LogP contribution >= 0.6 is 0 Å². The van der Waals surface area contributed by atoms with E-state index in [0.29, 0.717) is 50.1 Å². The van der Waals surface area contributed by atoms with Crippen molar-refractivity contribution in [2.45, 2.75) is 13.8 Å². The van der Waals surface area contributed by atoms with Crippen LogP contribution in [-0.2, 0) is 0 Å². The molecule has 0 fully saturated rings. The molecule has 2 aromatic carbocycles. The second kappa shape index (κ2) is 8.08. The predicted molar refractivity (Wildman–Crippen MR) is 130 cm³/mol. The number of carbonyl (C=O) groups is 2. The fraction of sp³-hybridized carbons (Fsp3) is 0.0714.